The van der Waals surface area contributed by atoms with Crippen molar-refractivity contribution < 1.29 is 4.74 Å². The molecule has 0 bridgehead atoms. The molecule has 0 saturated carbocycles. The second kappa shape index (κ2) is 4.83. The van der Waals surface area contributed by atoms with Gasteiger partial charge in [-0.25, -0.2) is 0 Å². The molecule has 92 valence electrons. The van der Waals surface area contributed by atoms with E-state index in [1.54, 1.807) is 0 Å². The molecule has 2 nitrogen and oxygen atoms in total. The third kappa shape index (κ3) is 2.12. The van der Waals surface area contributed by atoms with Gasteiger partial charge in [0.2, 0.25) is 0 Å². The molecule has 0 amide bonds. The van der Waals surface area contributed by atoms with Gasteiger partial charge in [-0.15, -0.1) is 0 Å². The standard InChI is InChI=1S/C16H17NO/c1-12(13-7-3-2-4-8-13)17-15-11-18-16-10-6-5-9-14(15)16/h2-10,12,15,17H,11H2,1H3. The van der Waals surface area contributed by atoms with Gasteiger partial charge in [0.15, 0.2) is 0 Å². The summed E-state index contributed by atoms with van der Waals surface area (Å²) in [6.45, 7) is 2.91. The van der Waals surface area contributed by atoms with Crippen LogP contribution in [0.2, 0.25) is 0 Å². The highest BCUT2D eigenvalue weighted by atomic mass is 16.5. The summed E-state index contributed by atoms with van der Waals surface area (Å²) >= 11 is 0. The molecule has 1 aliphatic heterocycles. The molecule has 0 radical (unpaired) electrons. The van der Waals surface area contributed by atoms with Crippen LogP contribution < -0.4 is 10.1 Å². The maximum atomic E-state index is 5.69. The Hall–Kier alpha value is -1.80. The number of nitrogens with one attached hydrogen (secondary N) is 1. The van der Waals surface area contributed by atoms with Crippen LogP contribution in [0.25, 0.3) is 0 Å². The first-order valence-electron chi connectivity index (χ1n) is 6.37. The van der Waals surface area contributed by atoms with Crippen molar-refractivity contribution in [3.63, 3.8) is 0 Å². The van der Waals surface area contributed by atoms with Gasteiger partial charge in [0.1, 0.15) is 12.4 Å². The third-order valence-corrected chi connectivity index (χ3v) is 3.45. The fraction of sp³-hybridized carbons (Fsp3) is 0.250. The molecule has 0 spiro atoms. The SMILES string of the molecule is CC(NC1COc2ccccc21)c1ccccc1. The average Bonchev–Trinajstić information content (AvgIpc) is 2.83. The molecule has 0 aliphatic carbocycles. The van der Waals surface area contributed by atoms with Gasteiger partial charge < -0.3 is 10.1 Å². The van der Waals surface area contributed by atoms with Crippen LogP contribution in [0.3, 0.4) is 0 Å². The van der Waals surface area contributed by atoms with Crippen molar-refractivity contribution in [1.82, 2.24) is 5.32 Å². The van der Waals surface area contributed by atoms with E-state index >= 15 is 0 Å². The molecule has 18 heavy (non-hydrogen) atoms. The fourth-order valence-electron chi connectivity index (χ4n) is 2.44. The summed E-state index contributed by atoms with van der Waals surface area (Å²) in [4.78, 5) is 0. The predicted molar refractivity (Wildman–Crippen MR) is 72.7 cm³/mol. The molecular formula is C16H17NO. The zero-order chi connectivity index (χ0) is 12.4. The Bertz CT molecular complexity index is 524. The average molecular weight is 239 g/mol. The smallest absolute Gasteiger partial charge is 0.124 e. The lowest BCUT2D eigenvalue weighted by molar-refractivity contribution is 0.301. The summed E-state index contributed by atoms with van der Waals surface area (Å²) in [5, 5.41) is 3.63. The van der Waals surface area contributed by atoms with Gasteiger partial charge in [0.05, 0.1) is 6.04 Å². The van der Waals surface area contributed by atoms with Gasteiger partial charge in [0, 0.05) is 11.6 Å². The van der Waals surface area contributed by atoms with Crippen molar-refractivity contribution in [3.05, 3.63) is 65.7 Å². The normalized spacial score (nSPS) is 19.1. The number of para-hydroxylation sites is 1. The first-order valence-corrected chi connectivity index (χ1v) is 6.37. The maximum absolute atomic E-state index is 5.69. The van der Waals surface area contributed by atoms with Crippen LogP contribution in [0.5, 0.6) is 5.75 Å². The zero-order valence-corrected chi connectivity index (χ0v) is 10.5. The molecule has 0 aromatic heterocycles. The highest BCUT2D eigenvalue weighted by molar-refractivity contribution is 5.39. The van der Waals surface area contributed by atoms with E-state index in [0.29, 0.717) is 6.04 Å². The van der Waals surface area contributed by atoms with Crippen molar-refractivity contribution in [1.29, 1.82) is 0 Å². The molecule has 2 aromatic rings. The fourth-order valence-corrected chi connectivity index (χ4v) is 2.44. The van der Waals surface area contributed by atoms with E-state index in [0.717, 1.165) is 12.4 Å². The van der Waals surface area contributed by atoms with Crippen LogP contribution >= 0.6 is 0 Å². The Balaban J connectivity index is 1.75. The molecule has 2 aromatic carbocycles. The predicted octanol–water partition coefficient (Wildman–Crippen LogP) is 3.47. The van der Waals surface area contributed by atoms with Gasteiger partial charge in [0.25, 0.3) is 0 Å². The highest BCUT2D eigenvalue weighted by Crippen LogP contribution is 2.33. The third-order valence-electron chi connectivity index (χ3n) is 3.45. The van der Waals surface area contributed by atoms with E-state index < -0.39 is 0 Å². The van der Waals surface area contributed by atoms with Gasteiger partial charge in [-0.05, 0) is 18.6 Å². The Kier molecular flexibility index (Phi) is 3.03. The molecule has 1 N–H and O–H groups in total. The Morgan fingerprint density at radius 1 is 1.06 bits per heavy atom. The molecule has 2 unspecified atom stereocenters. The summed E-state index contributed by atoms with van der Waals surface area (Å²) in [6, 6.07) is 19.4. The minimum Gasteiger partial charge on any atom is -0.491 e. The quantitative estimate of drug-likeness (QED) is 0.885. The summed E-state index contributed by atoms with van der Waals surface area (Å²) < 4.78 is 5.69. The first kappa shape index (κ1) is 11.3. The number of hydrogen-bond donors (Lipinski definition) is 1. The minimum absolute atomic E-state index is 0.288. The molecule has 1 aliphatic rings. The summed E-state index contributed by atoms with van der Waals surface area (Å²) in [6.07, 6.45) is 0. The summed E-state index contributed by atoms with van der Waals surface area (Å²) in [5.41, 5.74) is 2.57. The molecule has 0 fully saturated rings. The largest absolute Gasteiger partial charge is 0.491 e. The van der Waals surface area contributed by atoms with Gasteiger partial charge >= 0.3 is 0 Å². The van der Waals surface area contributed by atoms with Crippen molar-refractivity contribution in [2.75, 3.05) is 6.61 Å². The maximum Gasteiger partial charge on any atom is 0.124 e. The zero-order valence-electron chi connectivity index (χ0n) is 10.5. The minimum atomic E-state index is 0.288. The summed E-state index contributed by atoms with van der Waals surface area (Å²) in [5.74, 6) is 1.01. The molecule has 2 heteroatoms. The topological polar surface area (TPSA) is 21.3 Å². The molecule has 0 saturated heterocycles. The van der Waals surface area contributed by atoms with E-state index in [1.165, 1.54) is 11.1 Å². The number of benzene rings is 2. The van der Waals surface area contributed by atoms with Crippen LogP contribution in [0.1, 0.15) is 30.1 Å². The molecular weight excluding hydrogens is 222 g/mol. The van der Waals surface area contributed by atoms with E-state index in [2.05, 4.69) is 48.6 Å². The monoisotopic (exact) mass is 239 g/mol. The first-order chi connectivity index (χ1) is 8.84. The van der Waals surface area contributed by atoms with Crippen molar-refractivity contribution >= 4 is 0 Å². The lowest BCUT2D eigenvalue weighted by Gasteiger charge is -2.19. The van der Waals surface area contributed by atoms with Crippen LogP contribution in [-0.4, -0.2) is 6.61 Å². The molecule has 2 atom stereocenters. The van der Waals surface area contributed by atoms with Crippen LogP contribution in [0.15, 0.2) is 54.6 Å². The van der Waals surface area contributed by atoms with Crippen molar-refractivity contribution in [2.24, 2.45) is 0 Å². The van der Waals surface area contributed by atoms with Crippen molar-refractivity contribution in [3.8, 4) is 5.75 Å². The number of ether oxygens (including phenoxy) is 1. The summed E-state index contributed by atoms with van der Waals surface area (Å²) in [7, 11) is 0. The van der Waals surface area contributed by atoms with Gasteiger partial charge in [-0.2, -0.15) is 0 Å². The Morgan fingerprint density at radius 3 is 2.61 bits per heavy atom. The number of rotatable bonds is 3. The lowest BCUT2D eigenvalue weighted by atomic mass is 10.0. The van der Waals surface area contributed by atoms with Crippen LogP contribution in [0, 0.1) is 0 Å². The number of hydrogen-bond acceptors (Lipinski definition) is 2. The molecule has 3 rings (SSSR count). The van der Waals surface area contributed by atoms with E-state index in [-0.39, 0.29) is 6.04 Å². The number of fused-ring (bicyclic) bond motifs is 1. The van der Waals surface area contributed by atoms with E-state index in [9.17, 15) is 0 Å². The highest BCUT2D eigenvalue weighted by Gasteiger charge is 2.24. The Morgan fingerprint density at radius 2 is 1.78 bits per heavy atom. The van der Waals surface area contributed by atoms with Crippen molar-refractivity contribution in [2.45, 2.75) is 19.0 Å². The van der Waals surface area contributed by atoms with E-state index in [4.69, 9.17) is 4.74 Å². The van der Waals surface area contributed by atoms with Gasteiger partial charge in [-0.3, -0.25) is 0 Å². The Labute approximate surface area is 108 Å². The van der Waals surface area contributed by atoms with Crippen LogP contribution in [0.4, 0.5) is 0 Å². The van der Waals surface area contributed by atoms with Gasteiger partial charge in [-0.1, -0.05) is 48.5 Å². The second-order valence-corrected chi connectivity index (χ2v) is 4.70. The van der Waals surface area contributed by atoms with Crippen LogP contribution in [-0.2, 0) is 0 Å². The second-order valence-electron chi connectivity index (χ2n) is 4.70. The lowest BCUT2D eigenvalue weighted by Crippen LogP contribution is -2.25. The van der Waals surface area contributed by atoms with E-state index in [1.807, 2.05) is 18.2 Å². The molecule has 1 heterocycles.